The maximum Gasteiger partial charge on any atom is 0.245 e. The van der Waals surface area contributed by atoms with Crippen LogP contribution in [0.5, 0.6) is 0 Å². The van der Waals surface area contributed by atoms with E-state index in [0.29, 0.717) is 6.54 Å². The Hall–Kier alpha value is -1.51. The topological polar surface area (TPSA) is 134 Å². The molecular weight excluding hydrogens is 372 g/mol. The van der Waals surface area contributed by atoms with Gasteiger partial charge in [-0.2, -0.15) is 0 Å². The molecule has 1 heterocycles. The van der Waals surface area contributed by atoms with Crippen molar-refractivity contribution in [2.45, 2.75) is 83.9 Å². The third-order valence-electron chi connectivity index (χ3n) is 5.71. The molecule has 0 unspecified atom stereocenters. The Kier molecular flexibility index (Phi) is 12.0. The number of unbranched alkanes of at least 4 members (excludes halogenated alkanes) is 5. The van der Waals surface area contributed by atoms with Crippen molar-refractivity contribution in [2.24, 2.45) is 17.6 Å². The van der Waals surface area contributed by atoms with Crippen molar-refractivity contribution in [3.05, 3.63) is 0 Å². The Morgan fingerprint density at radius 3 is 2.34 bits per heavy atom. The van der Waals surface area contributed by atoms with Gasteiger partial charge in [-0.05, 0) is 32.7 Å². The number of carbonyl (C=O) groups excluding carboxylic acids is 3. The van der Waals surface area contributed by atoms with Crippen LogP contribution in [0.4, 0.5) is 0 Å². The molecule has 0 aliphatic carbocycles. The quantitative estimate of drug-likeness (QED) is 0.263. The van der Waals surface area contributed by atoms with Crippen LogP contribution in [-0.4, -0.2) is 60.5 Å². The number of Topliss-reactive ketones (excluding diaryl/α,β-unsaturated/α-hetero) is 1. The molecule has 0 spiro atoms. The molecule has 0 radical (unpaired) electrons. The van der Waals surface area contributed by atoms with Crippen molar-refractivity contribution in [1.82, 2.24) is 16.0 Å². The van der Waals surface area contributed by atoms with E-state index in [1.165, 1.54) is 46.0 Å². The number of hydrogen-bond donors (Lipinski definition) is 5. The number of aliphatic hydroxyl groups is 1. The Morgan fingerprint density at radius 2 is 1.76 bits per heavy atom. The Morgan fingerprint density at radius 1 is 1.10 bits per heavy atom. The third-order valence-corrected chi connectivity index (χ3v) is 5.71. The molecule has 1 fully saturated rings. The van der Waals surface area contributed by atoms with Gasteiger partial charge in [0, 0.05) is 13.1 Å². The molecule has 0 aromatic carbocycles. The average Bonchev–Trinajstić information content (AvgIpc) is 3.14. The van der Waals surface area contributed by atoms with E-state index in [2.05, 4.69) is 22.9 Å². The van der Waals surface area contributed by atoms with Crippen LogP contribution in [0.15, 0.2) is 0 Å². The van der Waals surface area contributed by atoms with E-state index < -0.39 is 24.1 Å². The maximum absolute atomic E-state index is 12.8. The number of ketones is 1. The molecule has 0 aromatic rings. The van der Waals surface area contributed by atoms with Crippen molar-refractivity contribution in [2.75, 3.05) is 19.6 Å². The summed E-state index contributed by atoms with van der Waals surface area (Å²) in [6.07, 6.45) is 7.15. The molecule has 8 nitrogen and oxygen atoms in total. The second-order valence-corrected chi connectivity index (χ2v) is 8.22. The molecule has 5 atom stereocenters. The lowest BCUT2D eigenvalue weighted by atomic mass is 9.89. The number of nitrogens with two attached hydrogens (primary N) is 1. The monoisotopic (exact) mass is 412 g/mol. The van der Waals surface area contributed by atoms with Crippen LogP contribution in [0.3, 0.4) is 0 Å². The highest BCUT2D eigenvalue weighted by molar-refractivity contribution is 5.93. The van der Waals surface area contributed by atoms with Crippen LogP contribution in [0.1, 0.15) is 65.7 Å². The number of nitrogens with one attached hydrogen (secondary N) is 3. The standard InChI is InChI=1S/C21H40N4O4/c1-4-5-6-7-8-9-10-16-12-23-13-17(16)20(28)25-19(15(3)27)21(29)24-18(11-22)14(2)26/h15-19,23,27H,4-13,22H2,1-3H3,(H,24,29)(H,25,28)/t15-,16+,17+,18-,19-/m0/s1. The van der Waals surface area contributed by atoms with Gasteiger partial charge in [0.05, 0.1) is 18.1 Å². The summed E-state index contributed by atoms with van der Waals surface area (Å²) in [6, 6.07) is -1.94. The summed E-state index contributed by atoms with van der Waals surface area (Å²) in [6.45, 7) is 6.30. The van der Waals surface area contributed by atoms with Gasteiger partial charge in [-0.15, -0.1) is 0 Å². The first-order valence-corrected chi connectivity index (χ1v) is 11.0. The number of hydrogen-bond acceptors (Lipinski definition) is 6. The smallest absolute Gasteiger partial charge is 0.245 e. The minimum Gasteiger partial charge on any atom is -0.391 e. The molecule has 1 aliphatic heterocycles. The Labute approximate surface area is 174 Å². The number of carbonyl (C=O) groups is 3. The van der Waals surface area contributed by atoms with Crippen molar-refractivity contribution in [1.29, 1.82) is 0 Å². The highest BCUT2D eigenvalue weighted by atomic mass is 16.3. The third kappa shape index (κ3) is 8.80. The molecule has 168 valence electrons. The molecule has 0 aromatic heterocycles. The molecule has 1 aliphatic rings. The highest BCUT2D eigenvalue weighted by Gasteiger charge is 2.36. The molecule has 29 heavy (non-hydrogen) atoms. The van der Waals surface area contributed by atoms with Gasteiger partial charge in [0.25, 0.3) is 0 Å². The van der Waals surface area contributed by atoms with Gasteiger partial charge in [-0.3, -0.25) is 14.4 Å². The van der Waals surface area contributed by atoms with E-state index in [0.717, 1.165) is 19.4 Å². The molecule has 0 saturated carbocycles. The van der Waals surface area contributed by atoms with Gasteiger partial charge in [0.1, 0.15) is 6.04 Å². The summed E-state index contributed by atoms with van der Waals surface area (Å²) in [4.78, 5) is 36.8. The summed E-state index contributed by atoms with van der Waals surface area (Å²) in [5.74, 6) is -1.10. The van der Waals surface area contributed by atoms with Crippen molar-refractivity contribution in [3.63, 3.8) is 0 Å². The fourth-order valence-corrected chi connectivity index (χ4v) is 3.78. The van der Waals surface area contributed by atoms with Crippen molar-refractivity contribution < 1.29 is 19.5 Å². The Balaban J connectivity index is 2.57. The molecule has 8 heteroatoms. The number of aliphatic hydroxyl groups excluding tert-OH is 1. The fourth-order valence-electron chi connectivity index (χ4n) is 3.78. The molecule has 1 rings (SSSR count). The largest absolute Gasteiger partial charge is 0.391 e. The van der Waals surface area contributed by atoms with E-state index in [1.54, 1.807) is 0 Å². The summed E-state index contributed by atoms with van der Waals surface area (Å²) < 4.78 is 0. The lowest BCUT2D eigenvalue weighted by Crippen LogP contribution is -2.58. The number of rotatable bonds is 14. The lowest BCUT2D eigenvalue weighted by molar-refractivity contribution is -0.135. The zero-order chi connectivity index (χ0) is 21.8. The zero-order valence-electron chi connectivity index (χ0n) is 18.2. The summed E-state index contributed by atoms with van der Waals surface area (Å²) in [5, 5.41) is 18.5. The first kappa shape index (κ1) is 25.5. The normalized spacial score (nSPS) is 22.0. The first-order valence-electron chi connectivity index (χ1n) is 11.0. The molecule has 0 bridgehead atoms. The SMILES string of the molecule is CCCCCCCC[C@@H]1CNC[C@H]1C(=O)N[C@H](C(=O)N[C@@H](CN)C(C)=O)[C@H](C)O. The minimum atomic E-state index is -1.12. The molecule has 6 N–H and O–H groups in total. The van der Waals surface area contributed by atoms with E-state index in [1.807, 2.05) is 0 Å². The van der Waals surface area contributed by atoms with E-state index in [4.69, 9.17) is 5.73 Å². The minimum absolute atomic E-state index is 0.0333. The summed E-state index contributed by atoms with van der Waals surface area (Å²) in [7, 11) is 0. The van der Waals surface area contributed by atoms with Crippen LogP contribution in [0.25, 0.3) is 0 Å². The van der Waals surface area contributed by atoms with Gasteiger partial charge < -0.3 is 26.8 Å². The van der Waals surface area contributed by atoms with Gasteiger partial charge in [0.15, 0.2) is 5.78 Å². The first-order chi connectivity index (χ1) is 13.8. The van der Waals surface area contributed by atoms with E-state index >= 15 is 0 Å². The molecular formula is C21H40N4O4. The van der Waals surface area contributed by atoms with Gasteiger partial charge in [-0.25, -0.2) is 0 Å². The summed E-state index contributed by atoms with van der Waals surface area (Å²) in [5.41, 5.74) is 5.51. The van der Waals surface area contributed by atoms with Crippen LogP contribution in [0.2, 0.25) is 0 Å². The maximum atomic E-state index is 12.8. The van der Waals surface area contributed by atoms with Gasteiger partial charge in [0.2, 0.25) is 11.8 Å². The Bertz CT molecular complexity index is 527. The lowest BCUT2D eigenvalue weighted by Gasteiger charge is -2.26. The second kappa shape index (κ2) is 13.7. The van der Waals surface area contributed by atoms with Crippen LogP contribution in [-0.2, 0) is 14.4 Å². The molecule has 1 saturated heterocycles. The predicted molar refractivity (Wildman–Crippen MR) is 113 cm³/mol. The van der Waals surface area contributed by atoms with Gasteiger partial charge in [-0.1, -0.05) is 45.4 Å². The average molecular weight is 413 g/mol. The van der Waals surface area contributed by atoms with Crippen molar-refractivity contribution >= 4 is 17.6 Å². The highest BCUT2D eigenvalue weighted by Crippen LogP contribution is 2.24. The summed E-state index contributed by atoms with van der Waals surface area (Å²) >= 11 is 0. The van der Waals surface area contributed by atoms with Crippen LogP contribution >= 0.6 is 0 Å². The van der Waals surface area contributed by atoms with E-state index in [-0.39, 0.29) is 30.1 Å². The van der Waals surface area contributed by atoms with Crippen molar-refractivity contribution in [3.8, 4) is 0 Å². The molecule has 2 amide bonds. The van der Waals surface area contributed by atoms with Crippen LogP contribution in [0, 0.1) is 11.8 Å². The second-order valence-electron chi connectivity index (χ2n) is 8.22. The van der Waals surface area contributed by atoms with Crippen LogP contribution < -0.4 is 21.7 Å². The van der Waals surface area contributed by atoms with E-state index in [9.17, 15) is 19.5 Å². The number of amides is 2. The fraction of sp³-hybridized carbons (Fsp3) is 0.857. The van der Waals surface area contributed by atoms with Gasteiger partial charge >= 0.3 is 0 Å². The zero-order valence-corrected chi connectivity index (χ0v) is 18.2. The predicted octanol–water partition coefficient (Wildman–Crippen LogP) is 0.471.